The minimum atomic E-state index is -0.491. The molecule has 0 saturated carbocycles. The quantitative estimate of drug-likeness (QED) is 0.342. The van der Waals surface area contributed by atoms with E-state index < -0.39 is 5.82 Å². The predicted molar refractivity (Wildman–Crippen MR) is 138 cm³/mol. The largest absolute Gasteiger partial charge is 0.352 e. The fourth-order valence-electron chi connectivity index (χ4n) is 4.44. The standard InChI is InChI=1S/C27H23F2N5OS/c28-18-10-12-19(13-11-18)33-16-5-9-23(33)26-25(22-8-3-4-15-30-22)32-27(36)34(26)17-14-24(35)31-21-7-2-1-6-20(21)29/h1-13,15-16,25-26H,14,17H2,(H,31,35)(H,32,36)/t25-,26+/m0/s1. The summed E-state index contributed by atoms with van der Waals surface area (Å²) in [4.78, 5) is 19.2. The Morgan fingerprint density at radius 3 is 2.53 bits per heavy atom. The van der Waals surface area contributed by atoms with Gasteiger partial charge in [0.1, 0.15) is 11.6 Å². The number of nitrogens with zero attached hydrogens (tertiary/aromatic N) is 3. The summed E-state index contributed by atoms with van der Waals surface area (Å²) in [6.07, 6.45) is 3.72. The highest BCUT2D eigenvalue weighted by molar-refractivity contribution is 7.80. The van der Waals surface area contributed by atoms with Gasteiger partial charge in [0.2, 0.25) is 5.91 Å². The zero-order chi connectivity index (χ0) is 25.1. The molecule has 2 aromatic heterocycles. The van der Waals surface area contributed by atoms with E-state index in [1.54, 1.807) is 30.5 Å². The number of anilines is 1. The summed E-state index contributed by atoms with van der Waals surface area (Å²) in [5.41, 5.74) is 2.64. The Kier molecular flexibility index (Phi) is 6.73. The summed E-state index contributed by atoms with van der Waals surface area (Å²) >= 11 is 5.68. The predicted octanol–water partition coefficient (Wildman–Crippen LogP) is 5.15. The lowest BCUT2D eigenvalue weighted by molar-refractivity contribution is -0.116. The number of nitrogens with one attached hydrogen (secondary N) is 2. The van der Waals surface area contributed by atoms with E-state index in [9.17, 15) is 13.6 Å². The second kappa shape index (κ2) is 10.2. The summed E-state index contributed by atoms with van der Waals surface area (Å²) in [5.74, 6) is -1.13. The number of carbonyl (C=O) groups is 1. The van der Waals surface area contributed by atoms with E-state index in [2.05, 4.69) is 15.6 Å². The Morgan fingerprint density at radius 2 is 1.78 bits per heavy atom. The van der Waals surface area contributed by atoms with Crippen LogP contribution in [0.3, 0.4) is 0 Å². The number of rotatable bonds is 7. The highest BCUT2D eigenvalue weighted by Crippen LogP contribution is 2.39. The lowest BCUT2D eigenvalue weighted by Crippen LogP contribution is -2.33. The van der Waals surface area contributed by atoms with Crippen molar-refractivity contribution in [2.75, 3.05) is 11.9 Å². The summed E-state index contributed by atoms with van der Waals surface area (Å²) in [5, 5.41) is 6.47. The molecule has 9 heteroatoms. The number of halogens is 2. The van der Waals surface area contributed by atoms with Crippen LogP contribution in [0.15, 0.2) is 91.3 Å². The Hall–Kier alpha value is -4.11. The van der Waals surface area contributed by atoms with E-state index >= 15 is 0 Å². The molecule has 2 aromatic carbocycles. The number of thiocarbonyl (C=S) groups is 1. The molecular formula is C27H23F2N5OS. The van der Waals surface area contributed by atoms with Crippen molar-refractivity contribution in [3.8, 4) is 5.69 Å². The molecule has 1 fully saturated rings. The number of benzene rings is 2. The van der Waals surface area contributed by atoms with Gasteiger partial charge in [0.25, 0.3) is 0 Å². The minimum absolute atomic E-state index is 0.0961. The third-order valence-electron chi connectivity index (χ3n) is 6.11. The maximum Gasteiger partial charge on any atom is 0.226 e. The van der Waals surface area contributed by atoms with Crippen molar-refractivity contribution < 1.29 is 13.6 Å². The van der Waals surface area contributed by atoms with E-state index in [1.807, 2.05) is 46.0 Å². The third-order valence-corrected chi connectivity index (χ3v) is 6.47. The first-order valence-electron chi connectivity index (χ1n) is 11.5. The molecule has 2 atom stereocenters. The van der Waals surface area contributed by atoms with Crippen LogP contribution >= 0.6 is 12.2 Å². The van der Waals surface area contributed by atoms with Gasteiger partial charge in [0.05, 0.1) is 23.5 Å². The van der Waals surface area contributed by atoms with Crippen LogP contribution in [0.25, 0.3) is 5.69 Å². The molecule has 6 nitrogen and oxygen atoms in total. The average molecular weight is 504 g/mol. The molecular weight excluding hydrogens is 480 g/mol. The van der Waals surface area contributed by atoms with E-state index in [4.69, 9.17) is 12.2 Å². The van der Waals surface area contributed by atoms with Crippen molar-refractivity contribution in [2.45, 2.75) is 18.5 Å². The molecule has 2 N–H and O–H groups in total. The second-order valence-corrected chi connectivity index (χ2v) is 8.76. The molecule has 3 heterocycles. The van der Waals surface area contributed by atoms with Crippen LogP contribution in [-0.2, 0) is 4.79 Å². The Bertz CT molecular complexity index is 1380. The number of amides is 1. The van der Waals surface area contributed by atoms with E-state index in [0.29, 0.717) is 11.7 Å². The number of hydrogen-bond donors (Lipinski definition) is 2. The van der Waals surface area contributed by atoms with Crippen molar-refractivity contribution in [3.05, 3.63) is 114 Å². The number of pyridine rings is 1. The second-order valence-electron chi connectivity index (χ2n) is 8.38. The third kappa shape index (κ3) is 4.83. The monoisotopic (exact) mass is 503 g/mol. The first-order valence-corrected chi connectivity index (χ1v) is 11.9. The fraction of sp³-hybridized carbons (Fsp3) is 0.148. The molecule has 0 spiro atoms. The molecule has 36 heavy (non-hydrogen) atoms. The maximum atomic E-state index is 14.0. The first-order chi connectivity index (χ1) is 17.5. The van der Waals surface area contributed by atoms with Crippen molar-refractivity contribution in [1.29, 1.82) is 0 Å². The fourth-order valence-corrected chi connectivity index (χ4v) is 4.77. The first kappa shape index (κ1) is 23.6. The molecule has 1 saturated heterocycles. The molecule has 0 unspecified atom stereocenters. The van der Waals surface area contributed by atoms with Crippen LogP contribution in [0.5, 0.6) is 0 Å². The van der Waals surface area contributed by atoms with Gasteiger partial charge in [-0.25, -0.2) is 8.78 Å². The minimum Gasteiger partial charge on any atom is -0.352 e. The number of carbonyl (C=O) groups excluding carboxylic acids is 1. The number of para-hydroxylation sites is 1. The van der Waals surface area contributed by atoms with Crippen LogP contribution in [0.4, 0.5) is 14.5 Å². The molecule has 0 radical (unpaired) electrons. The molecule has 1 aliphatic rings. The van der Waals surface area contributed by atoms with Crippen LogP contribution in [0.1, 0.15) is 29.9 Å². The highest BCUT2D eigenvalue weighted by Gasteiger charge is 2.41. The molecule has 0 aliphatic carbocycles. The van der Waals surface area contributed by atoms with E-state index in [0.717, 1.165) is 17.1 Å². The van der Waals surface area contributed by atoms with Gasteiger partial charge >= 0.3 is 0 Å². The van der Waals surface area contributed by atoms with E-state index in [-0.39, 0.29) is 35.9 Å². The average Bonchev–Trinajstić information content (AvgIpc) is 3.49. The van der Waals surface area contributed by atoms with Gasteiger partial charge in [-0.3, -0.25) is 9.78 Å². The van der Waals surface area contributed by atoms with Gasteiger partial charge in [-0.1, -0.05) is 18.2 Å². The van der Waals surface area contributed by atoms with Crippen LogP contribution < -0.4 is 10.6 Å². The Balaban J connectivity index is 1.44. The van der Waals surface area contributed by atoms with Crippen molar-refractivity contribution >= 4 is 28.9 Å². The van der Waals surface area contributed by atoms with Crippen molar-refractivity contribution in [1.82, 2.24) is 19.8 Å². The summed E-state index contributed by atoms with van der Waals surface area (Å²) in [6.45, 7) is 0.300. The van der Waals surface area contributed by atoms with Gasteiger partial charge in [-0.05, 0) is 72.9 Å². The Labute approximate surface area is 212 Å². The summed E-state index contributed by atoms with van der Waals surface area (Å²) in [6, 6.07) is 21.3. The lowest BCUT2D eigenvalue weighted by Gasteiger charge is -2.28. The van der Waals surface area contributed by atoms with Gasteiger partial charge in [0.15, 0.2) is 5.11 Å². The Morgan fingerprint density at radius 1 is 1.00 bits per heavy atom. The van der Waals surface area contributed by atoms with Crippen LogP contribution in [-0.4, -0.2) is 32.0 Å². The SMILES string of the molecule is O=C(CCN1C(=S)N[C@@H](c2ccccn2)[C@H]1c1cccn1-c1ccc(F)cc1)Nc1ccccc1F. The lowest BCUT2D eigenvalue weighted by atomic mass is 10.0. The van der Waals surface area contributed by atoms with Crippen molar-refractivity contribution in [3.63, 3.8) is 0 Å². The number of aromatic nitrogens is 2. The normalized spacial score (nSPS) is 17.2. The highest BCUT2D eigenvalue weighted by atomic mass is 32.1. The van der Waals surface area contributed by atoms with Gasteiger partial charge in [-0.2, -0.15) is 0 Å². The smallest absolute Gasteiger partial charge is 0.226 e. The topological polar surface area (TPSA) is 62.2 Å². The van der Waals surface area contributed by atoms with Crippen LogP contribution in [0, 0.1) is 11.6 Å². The van der Waals surface area contributed by atoms with Gasteiger partial charge in [-0.15, -0.1) is 0 Å². The van der Waals surface area contributed by atoms with E-state index in [1.165, 1.54) is 24.3 Å². The van der Waals surface area contributed by atoms with Gasteiger partial charge in [0, 0.05) is 36.7 Å². The molecule has 4 aromatic rings. The number of hydrogen-bond acceptors (Lipinski definition) is 3. The summed E-state index contributed by atoms with van der Waals surface area (Å²) < 4.78 is 29.5. The molecule has 1 amide bonds. The zero-order valence-corrected chi connectivity index (χ0v) is 20.0. The molecule has 0 bridgehead atoms. The van der Waals surface area contributed by atoms with Crippen molar-refractivity contribution in [2.24, 2.45) is 0 Å². The van der Waals surface area contributed by atoms with Gasteiger partial charge < -0.3 is 20.1 Å². The summed E-state index contributed by atoms with van der Waals surface area (Å²) in [7, 11) is 0. The molecule has 182 valence electrons. The maximum absolute atomic E-state index is 14.0. The zero-order valence-electron chi connectivity index (χ0n) is 19.1. The molecule has 5 rings (SSSR count). The molecule has 1 aliphatic heterocycles. The van der Waals surface area contributed by atoms with Crippen LogP contribution in [0.2, 0.25) is 0 Å².